The van der Waals surface area contributed by atoms with Gasteiger partial charge in [0.05, 0.1) is 6.42 Å². The molecule has 2 atom stereocenters. The molecule has 3 N–H and O–H groups in total. The van der Waals surface area contributed by atoms with Gasteiger partial charge in [-0.05, 0) is 43.7 Å². The quantitative estimate of drug-likeness (QED) is 0.654. The number of amides is 2. The molecule has 0 unspecified atom stereocenters. The van der Waals surface area contributed by atoms with E-state index in [4.69, 9.17) is 0 Å². The Morgan fingerprint density at radius 1 is 1.16 bits per heavy atom. The number of fused-ring (bicyclic) bond motifs is 1. The van der Waals surface area contributed by atoms with Gasteiger partial charge in [0.15, 0.2) is 0 Å². The first-order valence-electron chi connectivity index (χ1n) is 10.9. The number of allylic oxidation sites excluding steroid dienone is 2. The molecule has 7 heteroatoms. The summed E-state index contributed by atoms with van der Waals surface area (Å²) >= 11 is 0. The second kappa shape index (κ2) is 10.8. The first kappa shape index (κ1) is 22.6. The molecular formula is C24H31N3O4. The minimum absolute atomic E-state index is 0.159. The van der Waals surface area contributed by atoms with Gasteiger partial charge in [-0.25, -0.2) is 0 Å². The molecule has 2 aromatic rings. The summed E-state index contributed by atoms with van der Waals surface area (Å²) in [5, 5.41) is 13.2. The van der Waals surface area contributed by atoms with Crippen LogP contribution in [0.25, 0.3) is 10.9 Å². The van der Waals surface area contributed by atoms with Crippen LogP contribution in [0.4, 0.5) is 0 Å². The van der Waals surface area contributed by atoms with Crippen molar-refractivity contribution >= 4 is 28.7 Å². The van der Waals surface area contributed by atoms with Gasteiger partial charge in [-0.3, -0.25) is 14.4 Å². The van der Waals surface area contributed by atoms with E-state index in [0.29, 0.717) is 19.4 Å². The highest BCUT2D eigenvalue weighted by molar-refractivity contribution is 5.91. The minimum Gasteiger partial charge on any atom is -0.481 e. The molecule has 7 nitrogen and oxygen atoms in total. The van der Waals surface area contributed by atoms with Crippen LogP contribution < -0.4 is 5.32 Å². The zero-order valence-corrected chi connectivity index (χ0v) is 18.0. The topological polar surface area (TPSA) is 102 Å². The predicted octanol–water partition coefficient (Wildman–Crippen LogP) is 3.26. The molecule has 2 amide bonds. The van der Waals surface area contributed by atoms with Crippen LogP contribution in [0.3, 0.4) is 0 Å². The second-order valence-corrected chi connectivity index (χ2v) is 8.22. The van der Waals surface area contributed by atoms with Crippen LogP contribution in [-0.4, -0.2) is 52.4 Å². The fourth-order valence-electron chi connectivity index (χ4n) is 4.09. The number of carboxylic acid groups (broad SMARTS) is 1. The molecular weight excluding hydrogens is 394 g/mol. The van der Waals surface area contributed by atoms with Gasteiger partial charge >= 0.3 is 5.97 Å². The van der Waals surface area contributed by atoms with Crippen LogP contribution in [-0.2, 0) is 20.8 Å². The van der Waals surface area contributed by atoms with Gasteiger partial charge in [-0.15, -0.1) is 0 Å². The van der Waals surface area contributed by atoms with Gasteiger partial charge in [0.1, 0.15) is 6.04 Å². The SMILES string of the molecule is CN1CCCC=CCCC[C@H](CC(=O)O)C(=O)N[C@@H](Cc2c[nH]c3ccccc23)C1=O. The van der Waals surface area contributed by atoms with Crippen LogP contribution in [0.15, 0.2) is 42.6 Å². The molecule has 31 heavy (non-hydrogen) atoms. The van der Waals surface area contributed by atoms with Crippen LogP contribution >= 0.6 is 0 Å². The van der Waals surface area contributed by atoms with E-state index in [1.54, 1.807) is 11.9 Å². The van der Waals surface area contributed by atoms with Crippen molar-refractivity contribution in [2.45, 2.75) is 51.0 Å². The number of H-pyrrole nitrogens is 1. The Kier molecular flexibility index (Phi) is 7.87. The van der Waals surface area contributed by atoms with E-state index in [9.17, 15) is 19.5 Å². The van der Waals surface area contributed by atoms with Gasteiger partial charge in [0, 0.05) is 43.0 Å². The molecule has 0 fully saturated rings. The number of nitrogens with one attached hydrogen (secondary N) is 2. The number of aromatic amines is 1. The standard InChI is InChI=1S/C24H31N3O4/c1-27-13-9-5-3-2-4-6-10-17(15-22(28)29)23(30)26-21(24(27)31)14-18-16-25-20-12-8-7-11-19(18)20/h2-3,7-8,11-12,16-17,21,25H,4-6,9-10,13-15H2,1H3,(H,26,30)(H,28,29)/t17-,21+/m1/s1. The zero-order chi connectivity index (χ0) is 22.2. The fourth-order valence-corrected chi connectivity index (χ4v) is 4.09. The van der Waals surface area contributed by atoms with Crippen molar-refractivity contribution in [2.75, 3.05) is 13.6 Å². The molecule has 2 heterocycles. The Bertz CT molecular complexity index is 949. The Morgan fingerprint density at radius 3 is 2.68 bits per heavy atom. The largest absolute Gasteiger partial charge is 0.481 e. The second-order valence-electron chi connectivity index (χ2n) is 8.22. The Balaban J connectivity index is 1.86. The highest BCUT2D eigenvalue weighted by atomic mass is 16.4. The average molecular weight is 426 g/mol. The van der Waals surface area contributed by atoms with Crippen LogP contribution in [0.5, 0.6) is 0 Å². The Hall–Kier alpha value is -3.09. The third kappa shape index (κ3) is 6.20. The molecule has 1 aliphatic rings. The van der Waals surface area contributed by atoms with Gasteiger partial charge in [-0.1, -0.05) is 30.4 Å². The van der Waals surface area contributed by atoms with Gasteiger partial charge < -0.3 is 20.3 Å². The number of carboxylic acids is 1. The molecule has 0 bridgehead atoms. The Labute approximate surface area is 182 Å². The molecule has 1 aliphatic heterocycles. The number of rotatable bonds is 4. The van der Waals surface area contributed by atoms with Gasteiger partial charge in [0.2, 0.25) is 11.8 Å². The molecule has 3 rings (SSSR count). The Morgan fingerprint density at radius 2 is 1.90 bits per heavy atom. The maximum atomic E-state index is 13.2. The summed E-state index contributed by atoms with van der Waals surface area (Å²) in [5.41, 5.74) is 1.92. The highest BCUT2D eigenvalue weighted by Gasteiger charge is 2.29. The molecule has 166 valence electrons. The molecule has 0 aliphatic carbocycles. The number of carbonyl (C=O) groups is 3. The average Bonchev–Trinajstić information content (AvgIpc) is 3.15. The fraction of sp³-hybridized carbons (Fsp3) is 0.458. The molecule has 0 spiro atoms. The third-order valence-corrected chi connectivity index (χ3v) is 5.84. The molecule has 1 aromatic heterocycles. The molecule has 0 radical (unpaired) electrons. The minimum atomic E-state index is -1.01. The highest BCUT2D eigenvalue weighted by Crippen LogP contribution is 2.21. The van der Waals surface area contributed by atoms with Crippen molar-refractivity contribution < 1.29 is 19.5 Å². The van der Waals surface area contributed by atoms with Gasteiger partial charge in [-0.2, -0.15) is 0 Å². The van der Waals surface area contributed by atoms with Crippen LogP contribution in [0, 0.1) is 5.92 Å². The number of carbonyl (C=O) groups excluding carboxylic acids is 2. The van der Waals surface area contributed by atoms with E-state index < -0.39 is 17.9 Å². The molecule has 0 saturated heterocycles. The normalized spacial score (nSPS) is 21.6. The summed E-state index contributed by atoms with van der Waals surface area (Å²) in [6.45, 7) is 0.599. The summed E-state index contributed by atoms with van der Waals surface area (Å²) in [6, 6.07) is 7.09. The van der Waals surface area contributed by atoms with E-state index in [1.165, 1.54) is 0 Å². The van der Waals surface area contributed by atoms with Crippen molar-refractivity contribution in [1.29, 1.82) is 0 Å². The summed E-state index contributed by atoms with van der Waals surface area (Å²) in [6.07, 6.45) is 9.92. The van der Waals surface area contributed by atoms with E-state index in [-0.39, 0.29) is 18.2 Å². The zero-order valence-electron chi connectivity index (χ0n) is 18.0. The first-order valence-corrected chi connectivity index (χ1v) is 10.9. The van der Waals surface area contributed by atoms with Crippen molar-refractivity contribution in [3.63, 3.8) is 0 Å². The molecule has 0 saturated carbocycles. The third-order valence-electron chi connectivity index (χ3n) is 5.84. The number of hydrogen-bond donors (Lipinski definition) is 3. The number of likely N-dealkylation sites (N-methyl/N-ethyl adjacent to an activating group) is 1. The van der Waals surface area contributed by atoms with Crippen molar-refractivity contribution in [1.82, 2.24) is 15.2 Å². The van der Waals surface area contributed by atoms with E-state index >= 15 is 0 Å². The number of hydrogen-bond acceptors (Lipinski definition) is 3. The lowest BCUT2D eigenvalue weighted by molar-refractivity contribution is -0.142. The number of nitrogens with zero attached hydrogens (tertiary/aromatic N) is 1. The van der Waals surface area contributed by atoms with Gasteiger partial charge in [0.25, 0.3) is 0 Å². The maximum Gasteiger partial charge on any atom is 0.304 e. The first-order chi connectivity index (χ1) is 15.0. The smallest absolute Gasteiger partial charge is 0.304 e. The lowest BCUT2D eigenvalue weighted by atomic mass is 9.95. The summed E-state index contributed by atoms with van der Waals surface area (Å²) in [7, 11) is 1.75. The lowest BCUT2D eigenvalue weighted by Gasteiger charge is -2.26. The lowest BCUT2D eigenvalue weighted by Crippen LogP contribution is -2.50. The number of benzene rings is 1. The predicted molar refractivity (Wildman–Crippen MR) is 120 cm³/mol. The van der Waals surface area contributed by atoms with Crippen molar-refractivity contribution in [3.8, 4) is 0 Å². The summed E-state index contributed by atoms with van der Waals surface area (Å²) < 4.78 is 0. The van der Waals surface area contributed by atoms with Crippen molar-refractivity contribution in [3.05, 3.63) is 48.2 Å². The number of aromatic nitrogens is 1. The van der Waals surface area contributed by atoms with Crippen LogP contribution in [0.2, 0.25) is 0 Å². The van der Waals surface area contributed by atoms with Crippen molar-refractivity contribution in [2.24, 2.45) is 5.92 Å². The maximum absolute atomic E-state index is 13.2. The number of para-hydroxylation sites is 1. The monoisotopic (exact) mass is 425 g/mol. The van der Waals surface area contributed by atoms with E-state index in [2.05, 4.69) is 22.5 Å². The summed E-state index contributed by atoms with van der Waals surface area (Å²) in [5.74, 6) is -2.19. The summed E-state index contributed by atoms with van der Waals surface area (Å²) in [4.78, 5) is 42.4. The number of aliphatic carboxylic acids is 1. The van der Waals surface area contributed by atoms with E-state index in [1.807, 2.05) is 30.5 Å². The molecule has 1 aromatic carbocycles. The van der Waals surface area contributed by atoms with E-state index in [0.717, 1.165) is 42.1 Å². The van der Waals surface area contributed by atoms with Crippen LogP contribution in [0.1, 0.15) is 44.1 Å².